The molecular formula is C25H20INO3S2. The SMILES string of the molecule is COc1ccc(CN2C(=O)/C(=C/c3ccc(OCc4ccc(I)cc4)cc3)SC2=S)cc1. The first-order chi connectivity index (χ1) is 15.5. The van der Waals surface area contributed by atoms with Gasteiger partial charge in [-0.2, -0.15) is 0 Å². The Balaban J connectivity index is 1.39. The Morgan fingerprint density at radius 3 is 2.22 bits per heavy atom. The molecule has 1 aliphatic rings. The monoisotopic (exact) mass is 573 g/mol. The van der Waals surface area contributed by atoms with Crippen LogP contribution >= 0.6 is 46.6 Å². The number of ether oxygens (including phenoxy) is 2. The molecule has 3 aromatic rings. The molecule has 0 spiro atoms. The zero-order chi connectivity index (χ0) is 22.5. The molecule has 0 aromatic heterocycles. The van der Waals surface area contributed by atoms with E-state index in [1.54, 1.807) is 12.0 Å². The zero-order valence-corrected chi connectivity index (χ0v) is 21.1. The highest BCUT2D eigenvalue weighted by molar-refractivity contribution is 14.1. The molecule has 32 heavy (non-hydrogen) atoms. The summed E-state index contributed by atoms with van der Waals surface area (Å²) in [6.45, 7) is 0.956. The highest BCUT2D eigenvalue weighted by Crippen LogP contribution is 2.34. The molecule has 0 bridgehead atoms. The number of carbonyl (C=O) groups is 1. The van der Waals surface area contributed by atoms with Crippen molar-refractivity contribution in [1.82, 2.24) is 4.90 Å². The maximum Gasteiger partial charge on any atom is 0.266 e. The number of hydrogen-bond donors (Lipinski definition) is 0. The van der Waals surface area contributed by atoms with E-state index in [1.165, 1.54) is 15.3 Å². The molecule has 4 rings (SSSR count). The molecule has 162 valence electrons. The average molecular weight is 573 g/mol. The van der Waals surface area contributed by atoms with E-state index in [-0.39, 0.29) is 5.91 Å². The number of thioether (sulfide) groups is 1. The number of amides is 1. The normalized spacial score (nSPS) is 14.8. The fourth-order valence-electron chi connectivity index (χ4n) is 3.11. The maximum atomic E-state index is 12.9. The predicted octanol–water partition coefficient (Wildman–Crippen LogP) is 6.28. The van der Waals surface area contributed by atoms with E-state index >= 15 is 0 Å². The molecule has 1 amide bonds. The van der Waals surface area contributed by atoms with Crippen LogP contribution in [0.4, 0.5) is 0 Å². The Labute approximate surface area is 210 Å². The Morgan fingerprint density at radius 1 is 0.938 bits per heavy atom. The topological polar surface area (TPSA) is 38.8 Å². The van der Waals surface area contributed by atoms with Gasteiger partial charge in [0.25, 0.3) is 5.91 Å². The fraction of sp³-hybridized carbons (Fsp3) is 0.120. The molecule has 0 radical (unpaired) electrons. The van der Waals surface area contributed by atoms with Gasteiger partial charge in [0, 0.05) is 3.57 Å². The molecule has 1 heterocycles. The average Bonchev–Trinajstić information content (AvgIpc) is 3.07. The van der Waals surface area contributed by atoms with Gasteiger partial charge in [0.15, 0.2) is 0 Å². The summed E-state index contributed by atoms with van der Waals surface area (Å²) >= 11 is 9.06. The minimum absolute atomic E-state index is 0.0742. The lowest BCUT2D eigenvalue weighted by atomic mass is 10.2. The molecule has 7 heteroatoms. The third kappa shape index (κ3) is 5.70. The molecule has 1 aliphatic heterocycles. The maximum absolute atomic E-state index is 12.9. The Bertz CT molecular complexity index is 1140. The Hall–Kier alpha value is -2.36. The summed E-state index contributed by atoms with van der Waals surface area (Å²) in [5.74, 6) is 1.49. The van der Waals surface area contributed by atoms with Crippen LogP contribution in [0.1, 0.15) is 16.7 Å². The van der Waals surface area contributed by atoms with Crippen molar-refractivity contribution < 1.29 is 14.3 Å². The van der Waals surface area contributed by atoms with Gasteiger partial charge in [-0.25, -0.2) is 0 Å². The summed E-state index contributed by atoms with van der Waals surface area (Å²) in [6, 6.07) is 23.6. The van der Waals surface area contributed by atoms with E-state index in [0.29, 0.717) is 22.4 Å². The van der Waals surface area contributed by atoms with Gasteiger partial charge in [0.05, 0.1) is 18.6 Å². The fourth-order valence-corrected chi connectivity index (χ4v) is 4.72. The third-order valence-corrected chi connectivity index (χ3v) is 6.97. The summed E-state index contributed by atoms with van der Waals surface area (Å²) < 4.78 is 12.8. The second kappa shape index (κ2) is 10.5. The number of nitrogens with zero attached hydrogens (tertiary/aromatic N) is 1. The van der Waals surface area contributed by atoms with Crippen molar-refractivity contribution in [1.29, 1.82) is 0 Å². The highest BCUT2D eigenvalue weighted by Gasteiger charge is 2.31. The van der Waals surface area contributed by atoms with Crippen LogP contribution in [-0.2, 0) is 17.9 Å². The number of benzene rings is 3. The van der Waals surface area contributed by atoms with Gasteiger partial charge < -0.3 is 9.47 Å². The van der Waals surface area contributed by atoms with Gasteiger partial charge in [-0.15, -0.1) is 0 Å². The van der Waals surface area contributed by atoms with E-state index < -0.39 is 0 Å². The zero-order valence-electron chi connectivity index (χ0n) is 17.3. The summed E-state index contributed by atoms with van der Waals surface area (Å²) in [6.07, 6.45) is 1.87. The minimum Gasteiger partial charge on any atom is -0.497 e. The number of thiocarbonyl (C=S) groups is 1. The first-order valence-electron chi connectivity index (χ1n) is 9.87. The Morgan fingerprint density at radius 2 is 1.56 bits per heavy atom. The summed E-state index contributed by atoms with van der Waals surface area (Å²) in [5, 5.41) is 0. The first kappa shape index (κ1) is 22.8. The van der Waals surface area contributed by atoms with E-state index in [9.17, 15) is 4.79 Å². The van der Waals surface area contributed by atoms with Crippen molar-refractivity contribution in [2.24, 2.45) is 0 Å². The highest BCUT2D eigenvalue weighted by atomic mass is 127. The van der Waals surface area contributed by atoms with Gasteiger partial charge in [-0.05, 0) is 81.8 Å². The lowest BCUT2D eigenvalue weighted by molar-refractivity contribution is -0.122. The van der Waals surface area contributed by atoms with Crippen LogP contribution in [-0.4, -0.2) is 22.2 Å². The largest absolute Gasteiger partial charge is 0.497 e. The number of rotatable bonds is 7. The molecule has 1 saturated heterocycles. The van der Waals surface area contributed by atoms with E-state index in [0.717, 1.165) is 28.2 Å². The molecule has 1 fully saturated rings. The van der Waals surface area contributed by atoms with Crippen LogP contribution in [0.15, 0.2) is 77.7 Å². The van der Waals surface area contributed by atoms with Crippen LogP contribution < -0.4 is 9.47 Å². The van der Waals surface area contributed by atoms with E-state index in [2.05, 4.69) is 46.9 Å². The van der Waals surface area contributed by atoms with Gasteiger partial charge in [0.1, 0.15) is 22.4 Å². The third-order valence-electron chi connectivity index (χ3n) is 4.87. The van der Waals surface area contributed by atoms with Gasteiger partial charge in [-0.3, -0.25) is 9.69 Å². The minimum atomic E-state index is -0.0742. The molecular weight excluding hydrogens is 553 g/mol. The number of methoxy groups -OCH3 is 1. The summed E-state index contributed by atoms with van der Waals surface area (Å²) in [4.78, 5) is 15.1. The van der Waals surface area contributed by atoms with Gasteiger partial charge in [-0.1, -0.05) is 60.4 Å². The van der Waals surface area contributed by atoms with Crippen molar-refractivity contribution >= 4 is 62.9 Å². The van der Waals surface area contributed by atoms with Crippen molar-refractivity contribution in [2.45, 2.75) is 13.2 Å². The summed E-state index contributed by atoms with van der Waals surface area (Å²) in [7, 11) is 1.63. The molecule has 4 nitrogen and oxygen atoms in total. The van der Waals surface area contributed by atoms with Crippen molar-refractivity contribution in [3.05, 3.63) is 98.0 Å². The van der Waals surface area contributed by atoms with Crippen molar-refractivity contribution in [3.8, 4) is 11.5 Å². The molecule has 0 saturated carbocycles. The van der Waals surface area contributed by atoms with Crippen molar-refractivity contribution in [3.63, 3.8) is 0 Å². The lowest BCUT2D eigenvalue weighted by Crippen LogP contribution is -2.27. The van der Waals surface area contributed by atoms with Gasteiger partial charge >= 0.3 is 0 Å². The van der Waals surface area contributed by atoms with Crippen LogP contribution in [0, 0.1) is 3.57 Å². The lowest BCUT2D eigenvalue weighted by Gasteiger charge is -2.14. The van der Waals surface area contributed by atoms with Crippen LogP contribution in [0.2, 0.25) is 0 Å². The van der Waals surface area contributed by atoms with E-state index in [1.807, 2.05) is 54.6 Å². The Kier molecular flexibility index (Phi) is 7.49. The first-order valence-corrected chi connectivity index (χ1v) is 12.2. The van der Waals surface area contributed by atoms with Crippen LogP contribution in [0.25, 0.3) is 6.08 Å². The predicted molar refractivity (Wildman–Crippen MR) is 142 cm³/mol. The van der Waals surface area contributed by atoms with E-state index in [4.69, 9.17) is 21.7 Å². The molecule has 0 aliphatic carbocycles. The standard InChI is InChI=1S/C25H20INO3S2/c1-29-21-10-6-18(7-11-21)15-27-24(28)23(32-25(27)31)14-17-4-12-22(13-5-17)30-16-19-2-8-20(26)9-3-19/h2-14H,15-16H2,1H3/b23-14-. The van der Waals surface area contributed by atoms with Crippen LogP contribution in [0.5, 0.6) is 11.5 Å². The quantitative estimate of drug-likeness (QED) is 0.189. The number of halogens is 1. The molecule has 0 unspecified atom stereocenters. The van der Waals surface area contributed by atoms with Gasteiger partial charge in [0.2, 0.25) is 0 Å². The van der Waals surface area contributed by atoms with Crippen molar-refractivity contribution in [2.75, 3.05) is 7.11 Å². The number of carbonyl (C=O) groups excluding carboxylic acids is 1. The number of hydrogen-bond acceptors (Lipinski definition) is 5. The second-order valence-corrected chi connectivity index (χ2v) is 10.0. The second-order valence-electron chi connectivity index (χ2n) is 7.10. The molecule has 3 aromatic carbocycles. The summed E-state index contributed by atoms with van der Waals surface area (Å²) in [5.41, 5.74) is 3.05. The molecule has 0 atom stereocenters. The smallest absolute Gasteiger partial charge is 0.266 e. The van der Waals surface area contributed by atoms with Crippen LogP contribution in [0.3, 0.4) is 0 Å². The molecule has 0 N–H and O–H groups in total.